The molecule has 0 saturated carbocycles. The van der Waals surface area contributed by atoms with Crippen molar-refractivity contribution >= 4 is 17.6 Å². The SMILES string of the molecule is CC1CCCN(c2cc(C(=O)N3CCN(C(=O)c4ccco4)CC3)ccn2)C1. The minimum absolute atomic E-state index is 0.00111. The van der Waals surface area contributed by atoms with Crippen LogP contribution in [0.2, 0.25) is 0 Å². The molecule has 1 unspecified atom stereocenters. The van der Waals surface area contributed by atoms with E-state index < -0.39 is 0 Å². The van der Waals surface area contributed by atoms with Gasteiger partial charge in [-0.1, -0.05) is 6.92 Å². The first-order valence-electron chi connectivity index (χ1n) is 9.95. The highest BCUT2D eigenvalue weighted by Gasteiger charge is 2.27. The number of nitrogens with zero attached hydrogens (tertiary/aromatic N) is 4. The Morgan fingerprint density at radius 3 is 2.50 bits per heavy atom. The summed E-state index contributed by atoms with van der Waals surface area (Å²) in [6.07, 6.45) is 5.62. The van der Waals surface area contributed by atoms with Gasteiger partial charge in [0.15, 0.2) is 5.76 Å². The van der Waals surface area contributed by atoms with Gasteiger partial charge in [-0.3, -0.25) is 9.59 Å². The molecule has 4 heterocycles. The second kappa shape index (κ2) is 8.04. The minimum Gasteiger partial charge on any atom is -0.459 e. The zero-order chi connectivity index (χ0) is 19.5. The van der Waals surface area contributed by atoms with Crippen molar-refractivity contribution in [1.82, 2.24) is 14.8 Å². The normalized spacial score (nSPS) is 20.3. The molecule has 0 N–H and O–H groups in total. The van der Waals surface area contributed by atoms with Gasteiger partial charge < -0.3 is 19.1 Å². The molecular formula is C21H26N4O3. The molecule has 0 radical (unpaired) electrons. The summed E-state index contributed by atoms with van der Waals surface area (Å²) in [5.41, 5.74) is 0.661. The molecule has 2 amide bonds. The average Bonchev–Trinajstić information content (AvgIpc) is 3.28. The van der Waals surface area contributed by atoms with E-state index in [1.54, 1.807) is 29.3 Å². The maximum absolute atomic E-state index is 13.0. The Morgan fingerprint density at radius 2 is 1.82 bits per heavy atom. The van der Waals surface area contributed by atoms with Crippen LogP contribution in [0.15, 0.2) is 41.1 Å². The summed E-state index contributed by atoms with van der Waals surface area (Å²) in [4.78, 5) is 35.6. The van der Waals surface area contributed by atoms with Crippen LogP contribution in [0.3, 0.4) is 0 Å². The molecule has 2 aromatic rings. The van der Waals surface area contributed by atoms with Crippen LogP contribution in [-0.4, -0.2) is 65.9 Å². The first kappa shape index (κ1) is 18.5. The zero-order valence-electron chi connectivity index (χ0n) is 16.2. The summed E-state index contributed by atoms with van der Waals surface area (Å²) in [6.45, 7) is 6.28. The third-order valence-corrected chi connectivity index (χ3v) is 5.56. The van der Waals surface area contributed by atoms with Gasteiger partial charge >= 0.3 is 0 Å². The smallest absolute Gasteiger partial charge is 0.289 e. The van der Waals surface area contributed by atoms with Crippen LogP contribution in [0.5, 0.6) is 0 Å². The Morgan fingerprint density at radius 1 is 1.07 bits per heavy atom. The summed E-state index contributed by atoms with van der Waals surface area (Å²) >= 11 is 0. The van der Waals surface area contributed by atoms with Crippen LogP contribution in [0.4, 0.5) is 5.82 Å². The van der Waals surface area contributed by atoms with Crippen molar-refractivity contribution in [3.8, 4) is 0 Å². The molecule has 0 bridgehead atoms. The lowest BCUT2D eigenvalue weighted by atomic mass is 10.0. The van der Waals surface area contributed by atoms with Crippen molar-refractivity contribution in [2.75, 3.05) is 44.2 Å². The molecule has 2 aromatic heterocycles. The molecule has 7 heteroatoms. The van der Waals surface area contributed by atoms with Gasteiger partial charge in [-0.15, -0.1) is 0 Å². The van der Waals surface area contributed by atoms with Crippen molar-refractivity contribution in [2.24, 2.45) is 5.92 Å². The maximum atomic E-state index is 13.0. The quantitative estimate of drug-likeness (QED) is 0.816. The lowest BCUT2D eigenvalue weighted by molar-refractivity contribution is 0.0518. The molecule has 2 fully saturated rings. The molecule has 2 aliphatic rings. The second-order valence-corrected chi connectivity index (χ2v) is 7.66. The molecule has 0 spiro atoms. The third kappa shape index (κ3) is 3.88. The van der Waals surface area contributed by atoms with Crippen LogP contribution >= 0.6 is 0 Å². The van der Waals surface area contributed by atoms with E-state index in [1.807, 2.05) is 11.0 Å². The molecule has 2 saturated heterocycles. The van der Waals surface area contributed by atoms with Gasteiger partial charge in [0.25, 0.3) is 11.8 Å². The predicted molar refractivity (Wildman–Crippen MR) is 105 cm³/mol. The summed E-state index contributed by atoms with van der Waals surface area (Å²) < 4.78 is 5.19. The number of pyridine rings is 1. The highest BCUT2D eigenvalue weighted by Crippen LogP contribution is 2.22. The van der Waals surface area contributed by atoms with E-state index in [0.29, 0.717) is 43.4 Å². The van der Waals surface area contributed by atoms with Crippen LogP contribution in [0.1, 0.15) is 40.7 Å². The predicted octanol–water partition coefficient (Wildman–Crippen LogP) is 2.51. The first-order chi connectivity index (χ1) is 13.6. The summed E-state index contributed by atoms with van der Waals surface area (Å²) in [5.74, 6) is 1.74. The number of hydrogen-bond donors (Lipinski definition) is 0. The number of rotatable bonds is 3. The number of carbonyl (C=O) groups excluding carboxylic acids is 2. The lowest BCUT2D eigenvalue weighted by Crippen LogP contribution is -2.50. The number of aromatic nitrogens is 1. The minimum atomic E-state index is -0.123. The summed E-state index contributed by atoms with van der Waals surface area (Å²) in [7, 11) is 0. The molecule has 0 aromatic carbocycles. The van der Waals surface area contributed by atoms with Gasteiger partial charge in [0.05, 0.1) is 6.26 Å². The highest BCUT2D eigenvalue weighted by molar-refractivity contribution is 5.95. The fourth-order valence-electron chi connectivity index (χ4n) is 3.97. The molecule has 0 aliphatic carbocycles. The van der Waals surface area contributed by atoms with E-state index in [0.717, 1.165) is 25.3 Å². The molecule has 2 aliphatic heterocycles. The largest absolute Gasteiger partial charge is 0.459 e. The fraction of sp³-hybridized carbons (Fsp3) is 0.476. The van der Waals surface area contributed by atoms with Gasteiger partial charge in [-0.05, 0) is 43.0 Å². The summed E-state index contributed by atoms with van der Waals surface area (Å²) in [6, 6.07) is 7.05. The topological polar surface area (TPSA) is 69.9 Å². The fourth-order valence-corrected chi connectivity index (χ4v) is 3.97. The number of carbonyl (C=O) groups is 2. The Labute approximate surface area is 164 Å². The summed E-state index contributed by atoms with van der Waals surface area (Å²) in [5, 5.41) is 0. The van der Waals surface area contributed by atoms with Crippen molar-refractivity contribution in [2.45, 2.75) is 19.8 Å². The Bertz CT molecular complexity index is 828. The number of furan rings is 1. The van der Waals surface area contributed by atoms with Gasteiger partial charge in [-0.25, -0.2) is 4.98 Å². The van der Waals surface area contributed by atoms with E-state index in [4.69, 9.17) is 4.42 Å². The molecular weight excluding hydrogens is 356 g/mol. The molecule has 1 atom stereocenters. The number of hydrogen-bond acceptors (Lipinski definition) is 5. The van der Waals surface area contributed by atoms with E-state index in [9.17, 15) is 9.59 Å². The second-order valence-electron chi connectivity index (χ2n) is 7.66. The number of piperidine rings is 1. The van der Waals surface area contributed by atoms with Crippen LogP contribution in [0.25, 0.3) is 0 Å². The molecule has 148 valence electrons. The van der Waals surface area contributed by atoms with Gasteiger partial charge in [0, 0.05) is 51.0 Å². The Kier molecular flexibility index (Phi) is 5.32. The van der Waals surface area contributed by atoms with Gasteiger partial charge in [0.1, 0.15) is 5.82 Å². The van der Waals surface area contributed by atoms with Crippen molar-refractivity contribution < 1.29 is 14.0 Å². The van der Waals surface area contributed by atoms with E-state index in [1.165, 1.54) is 12.7 Å². The third-order valence-electron chi connectivity index (χ3n) is 5.56. The first-order valence-corrected chi connectivity index (χ1v) is 9.95. The van der Waals surface area contributed by atoms with E-state index >= 15 is 0 Å². The van der Waals surface area contributed by atoms with Crippen molar-refractivity contribution in [3.05, 3.63) is 48.0 Å². The lowest BCUT2D eigenvalue weighted by Gasteiger charge is -2.35. The molecule has 28 heavy (non-hydrogen) atoms. The standard InChI is InChI=1S/C21H26N4O3/c1-16-4-2-8-25(15-16)19-14-17(6-7-22-19)20(26)23-9-11-24(12-10-23)21(27)18-5-3-13-28-18/h3,5-7,13-14,16H,2,4,8-12,15H2,1H3. The van der Waals surface area contributed by atoms with Crippen LogP contribution < -0.4 is 4.90 Å². The average molecular weight is 382 g/mol. The number of piperazine rings is 1. The van der Waals surface area contributed by atoms with Gasteiger partial charge in [-0.2, -0.15) is 0 Å². The number of amides is 2. The monoisotopic (exact) mass is 382 g/mol. The van der Waals surface area contributed by atoms with Crippen LogP contribution in [0, 0.1) is 5.92 Å². The van der Waals surface area contributed by atoms with E-state index in [-0.39, 0.29) is 11.8 Å². The van der Waals surface area contributed by atoms with Gasteiger partial charge in [0.2, 0.25) is 0 Å². The Hall–Kier alpha value is -2.83. The zero-order valence-corrected chi connectivity index (χ0v) is 16.2. The van der Waals surface area contributed by atoms with E-state index in [2.05, 4.69) is 16.8 Å². The van der Waals surface area contributed by atoms with Crippen molar-refractivity contribution in [3.63, 3.8) is 0 Å². The number of anilines is 1. The molecule has 4 rings (SSSR count). The van der Waals surface area contributed by atoms with Crippen LogP contribution in [-0.2, 0) is 0 Å². The maximum Gasteiger partial charge on any atom is 0.289 e. The van der Waals surface area contributed by atoms with Crippen molar-refractivity contribution in [1.29, 1.82) is 0 Å². The Balaban J connectivity index is 1.39. The molecule has 7 nitrogen and oxygen atoms in total. The highest BCUT2D eigenvalue weighted by atomic mass is 16.3.